The smallest absolute Gasteiger partial charge is 0.0453 e. The van der Waals surface area contributed by atoms with E-state index in [9.17, 15) is 0 Å². The van der Waals surface area contributed by atoms with Crippen molar-refractivity contribution in [2.24, 2.45) is 17.8 Å². The molecule has 2 aliphatic carbocycles. The Kier molecular flexibility index (Phi) is 5.14. The first-order chi connectivity index (χ1) is 10.2. The summed E-state index contributed by atoms with van der Waals surface area (Å²) in [6.07, 6.45) is 7.99. The van der Waals surface area contributed by atoms with Crippen molar-refractivity contribution in [3.63, 3.8) is 0 Å². The Bertz CT molecular complexity index is 488. The van der Waals surface area contributed by atoms with Crippen LogP contribution in [0.4, 0.5) is 0 Å². The first-order valence-electron chi connectivity index (χ1n) is 8.34. The molecule has 116 valence electrons. The molecular weight excluding hydrogens is 301 g/mol. The van der Waals surface area contributed by atoms with Crippen LogP contribution in [0, 0.1) is 17.8 Å². The summed E-state index contributed by atoms with van der Waals surface area (Å²) in [6, 6.07) is 6.49. The number of hydrogen-bond donors (Lipinski definition) is 1. The fourth-order valence-corrected chi connectivity index (χ4v) is 4.90. The molecule has 0 spiro atoms. The van der Waals surface area contributed by atoms with Crippen LogP contribution in [0.1, 0.15) is 44.6 Å². The van der Waals surface area contributed by atoms with E-state index >= 15 is 0 Å². The standard InChI is InChI=1S/C18H25Cl2N/c1-2-7-21-18(16-9-12-3-4-13(16)8-12)10-14-5-6-15(19)11-17(14)20/h5-6,11-13,16,18,21H,2-4,7-10H2,1H3. The molecule has 3 heteroatoms. The first-order valence-corrected chi connectivity index (χ1v) is 9.10. The van der Waals surface area contributed by atoms with Crippen molar-refractivity contribution in [2.75, 3.05) is 6.54 Å². The van der Waals surface area contributed by atoms with E-state index in [1.54, 1.807) is 0 Å². The van der Waals surface area contributed by atoms with E-state index in [4.69, 9.17) is 23.2 Å². The molecule has 4 atom stereocenters. The largest absolute Gasteiger partial charge is 0.313 e. The zero-order valence-corrected chi connectivity index (χ0v) is 14.3. The van der Waals surface area contributed by atoms with E-state index in [1.807, 2.05) is 12.1 Å². The fourth-order valence-electron chi connectivity index (χ4n) is 4.42. The molecule has 21 heavy (non-hydrogen) atoms. The van der Waals surface area contributed by atoms with Gasteiger partial charge in [0.25, 0.3) is 0 Å². The molecule has 2 aliphatic rings. The van der Waals surface area contributed by atoms with Gasteiger partial charge in [-0.2, -0.15) is 0 Å². The van der Waals surface area contributed by atoms with Crippen molar-refractivity contribution in [1.29, 1.82) is 0 Å². The SMILES string of the molecule is CCCNC(Cc1ccc(Cl)cc1Cl)C1CC2CCC1C2. The molecule has 0 aromatic heterocycles. The Balaban J connectivity index is 1.73. The van der Waals surface area contributed by atoms with Gasteiger partial charge in [0.05, 0.1) is 0 Å². The maximum absolute atomic E-state index is 6.38. The summed E-state index contributed by atoms with van der Waals surface area (Å²) in [4.78, 5) is 0. The Labute approximate surface area is 138 Å². The van der Waals surface area contributed by atoms with Gasteiger partial charge in [0.2, 0.25) is 0 Å². The van der Waals surface area contributed by atoms with Gasteiger partial charge in [0, 0.05) is 16.1 Å². The topological polar surface area (TPSA) is 12.0 Å². The van der Waals surface area contributed by atoms with E-state index in [0.717, 1.165) is 40.8 Å². The van der Waals surface area contributed by atoms with Crippen LogP contribution in [0.5, 0.6) is 0 Å². The molecule has 1 aromatic rings. The van der Waals surface area contributed by atoms with Crippen molar-refractivity contribution in [2.45, 2.75) is 51.5 Å². The van der Waals surface area contributed by atoms with Gasteiger partial charge in [-0.15, -0.1) is 0 Å². The van der Waals surface area contributed by atoms with Gasteiger partial charge in [-0.3, -0.25) is 0 Å². The normalized spacial score (nSPS) is 29.0. The average Bonchev–Trinajstić information content (AvgIpc) is 3.08. The van der Waals surface area contributed by atoms with Crippen LogP contribution >= 0.6 is 23.2 Å². The summed E-state index contributed by atoms with van der Waals surface area (Å²) in [5.74, 6) is 2.77. The van der Waals surface area contributed by atoms with Crippen LogP contribution in [0.15, 0.2) is 18.2 Å². The monoisotopic (exact) mass is 325 g/mol. The summed E-state index contributed by atoms with van der Waals surface area (Å²) >= 11 is 12.4. The molecule has 2 bridgehead atoms. The van der Waals surface area contributed by atoms with Crippen LogP contribution < -0.4 is 5.32 Å². The molecule has 1 N–H and O–H groups in total. The van der Waals surface area contributed by atoms with Crippen LogP contribution in [0.25, 0.3) is 0 Å². The second kappa shape index (κ2) is 6.89. The summed E-state index contributed by atoms with van der Waals surface area (Å²) in [5, 5.41) is 5.33. The quantitative estimate of drug-likeness (QED) is 0.744. The molecule has 2 saturated carbocycles. The zero-order chi connectivity index (χ0) is 14.8. The maximum Gasteiger partial charge on any atom is 0.0453 e. The lowest BCUT2D eigenvalue weighted by Crippen LogP contribution is -2.40. The van der Waals surface area contributed by atoms with E-state index in [1.165, 1.54) is 37.7 Å². The highest BCUT2D eigenvalue weighted by Gasteiger charge is 2.42. The molecule has 0 aliphatic heterocycles. The third-order valence-corrected chi connectivity index (χ3v) is 6.01. The lowest BCUT2D eigenvalue weighted by molar-refractivity contribution is 0.247. The van der Waals surface area contributed by atoms with Crippen LogP contribution in [0.3, 0.4) is 0 Å². The number of benzene rings is 1. The molecule has 0 radical (unpaired) electrons. The Hall–Kier alpha value is -0.240. The highest BCUT2D eigenvalue weighted by Crippen LogP contribution is 2.50. The Morgan fingerprint density at radius 3 is 2.71 bits per heavy atom. The summed E-state index contributed by atoms with van der Waals surface area (Å²) in [7, 11) is 0. The summed E-state index contributed by atoms with van der Waals surface area (Å²) in [6.45, 7) is 3.34. The maximum atomic E-state index is 6.38. The van der Waals surface area contributed by atoms with Gasteiger partial charge in [-0.1, -0.05) is 42.6 Å². The highest BCUT2D eigenvalue weighted by atomic mass is 35.5. The van der Waals surface area contributed by atoms with E-state index in [0.29, 0.717) is 6.04 Å². The fraction of sp³-hybridized carbons (Fsp3) is 0.667. The minimum atomic E-state index is 0.568. The van der Waals surface area contributed by atoms with Gasteiger partial charge >= 0.3 is 0 Å². The van der Waals surface area contributed by atoms with Crippen LogP contribution in [0.2, 0.25) is 10.0 Å². The van der Waals surface area contributed by atoms with Crippen molar-refractivity contribution in [1.82, 2.24) is 5.32 Å². The molecule has 0 saturated heterocycles. The number of rotatable bonds is 6. The lowest BCUT2D eigenvalue weighted by Gasteiger charge is -2.32. The minimum absolute atomic E-state index is 0.568. The van der Waals surface area contributed by atoms with Gasteiger partial charge in [-0.05, 0) is 74.1 Å². The number of hydrogen-bond acceptors (Lipinski definition) is 1. The Morgan fingerprint density at radius 1 is 1.24 bits per heavy atom. The zero-order valence-electron chi connectivity index (χ0n) is 12.7. The van der Waals surface area contributed by atoms with E-state index < -0.39 is 0 Å². The second-order valence-electron chi connectivity index (χ2n) is 6.84. The predicted molar refractivity (Wildman–Crippen MR) is 91.2 cm³/mol. The first kappa shape index (κ1) is 15.6. The highest BCUT2D eigenvalue weighted by molar-refractivity contribution is 6.35. The number of fused-ring (bicyclic) bond motifs is 2. The van der Waals surface area contributed by atoms with Gasteiger partial charge in [-0.25, -0.2) is 0 Å². The summed E-state index contributed by atoms with van der Waals surface area (Å²) < 4.78 is 0. The van der Waals surface area contributed by atoms with Crippen molar-refractivity contribution >= 4 is 23.2 Å². The third-order valence-electron chi connectivity index (χ3n) is 5.42. The second-order valence-corrected chi connectivity index (χ2v) is 7.68. The minimum Gasteiger partial charge on any atom is -0.313 e. The van der Waals surface area contributed by atoms with Crippen LogP contribution in [-0.2, 0) is 6.42 Å². The average molecular weight is 326 g/mol. The van der Waals surface area contributed by atoms with Gasteiger partial charge in [0.1, 0.15) is 0 Å². The van der Waals surface area contributed by atoms with Crippen LogP contribution in [-0.4, -0.2) is 12.6 Å². The van der Waals surface area contributed by atoms with Gasteiger partial charge < -0.3 is 5.32 Å². The van der Waals surface area contributed by atoms with E-state index in [2.05, 4.69) is 18.3 Å². The summed E-state index contributed by atoms with van der Waals surface area (Å²) in [5.41, 5.74) is 1.23. The molecule has 3 rings (SSSR count). The molecule has 0 heterocycles. The number of halogens is 2. The van der Waals surface area contributed by atoms with Crippen molar-refractivity contribution in [3.05, 3.63) is 33.8 Å². The van der Waals surface area contributed by atoms with Crippen molar-refractivity contribution in [3.8, 4) is 0 Å². The number of nitrogens with one attached hydrogen (secondary N) is 1. The Morgan fingerprint density at radius 2 is 2.10 bits per heavy atom. The molecular formula is C18H25Cl2N. The van der Waals surface area contributed by atoms with E-state index in [-0.39, 0.29) is 0 Å². The molecule has 0 amide bonds. The van der Waals surface area contributed by atoms with Gasteiger partial charge in [0.15, 0.2) is 0 Å². The predicted octanol–water partition coefficient (Wildman–Crippen LogP) is 5.34. The molecule has 1 aromatic carbocycles. The third kappa shape index (κ3) is 3.57. The molecule has 4 unspecified atom stereocenters. The molecule has 2 fully saturated rings. The lowest BCUT2D eigenvalue weighted by atomic mass is 9.81. The molecule has 1 nitrogen and oxygen atoms in total. The van der Waals surface area contributed by atoms with Crippen molar-refractivity contribution < 1.29 is 0 Å².